The maximum absolute atomic E-state index is 12.9. The summed E-state index contributed by atoms with van der Waals surface area (Å²) in [4.78, 5) is 39.3. The van der Waals surface area contributed by atoms with Gasteiger partial charge in [0.2, 0.25) is 11.8 Å². The predicted molar refractivity (Wildman–Crippen MR) is 117 cm³/mol. The molecule has 2 aromatic carbocycles. The van der Waals surface area contributed by atoms with Gasteiger partial charge in [-0.15, -0.1) is 0 Å². The molecule has 1 heterocycles. The van der Waals surface area contributed by atoms with Crippen LogP contribution in [-0.2, 0) is 19.1 Å². The van der Waals surface area contributed by atoms with Crippen LogP contribution in [0.4, 0.5) is 11.4 Å². The Bertz CT molecular complexity index is 975. The number of nitrogens with zero attached hydrogens (tertiary/aromatic N) is 1. The molecule has 0 fully saturated rings. The first-order chi connectivity index (χ1) is 14.9. The molecule has 8 heteroatoms. The molecule has 0 aliphatic carbocycles. The average molecular weight is 425 g/mol. The lowest BCUT2D eigenvalue weighted by atomic mass is 10.1. The van der Waals surface area contributed by atoms with E-state index in [4.69, 9.17) is 9.47 Å². The second kappa shape index (κ2) is 10.1. The summed E-state index contributed by atoms with van der Waals surface area (Å²) in [5.74, 6) is -0.570. The van der Waals surface area contributed by atoms with E-state index >= 15 is 0 Å². The smallest absolute Gasteiger partial charge is 0.266 e. The number of fused-ring (bicyclic) bond motifs is 1. The van der Waals surface area contributed by atoms with Crippen molar-refractivity contribution in [2.45, 2.75) is 26.4 Å². The number of carbonyl (C=O) groups is 3. The monoisotopic (exact) mass is 425 g/mol. The van der Waals surface area contributed by atoms with Gasteiger partial charge in [-0.05, 0) is 43.2 Å². The van der Waals surface area contributed by atoms with Crippen LogP contribution in [0.25, 0.3) is 0 Å². The van der Waals surface area contributed by atoms with Crippen molar-refractivity contribution in [2.24, 2.45) is 0 Å². The number of carbonyl (C=O) groups excluding carboxylic acids is 3. The predicted octanol–water partition coefficient (Wildman–Crippen LogP) is 2.51. The molecule has 164 valence electrons. The topological polar surface area (TPSA) is 97.0 Å². The van der Waals surface area contributed by atoms with Crippen molar-refractivity contribution < 1.29 is 23.9 Å². The van der Waals surface area contributed by atoms with E-state index in [1.165, 1.54) is 12.0 Å². The fraction of sp³-hybridized carbons (Fsp3) is 0.348. The highest BCUT2D eigenvalue weighted by Crippen LogP contribution is 2.29. The van der Waals surface area contributed by atoms with Gasteiger partial charge in [-0.25, -0.2) is 0 Å². The summed E-state index contributed by atoms with van der Waals surface area (Å²) in [5, 5.41) is 5.60. The van der Waals surface area contributed by atoms with E-state index < -0.39 is 12.0 Å². The Kier molecular flexibility index (Phi) is 7.25. The molecule has 0 aromatic heterocycles. The van der Waals surface area contributed by atoms with Gasteiger partial charge in [-0.1, -0.05) is 24.3 Å². The van der Waals surface area contributed by atoms with Gasteiger partial charge >= 0.3 is 0 Å². The van der Waals surface area contributed by atoms with Crippen molar-refractivity contribution >= 4 is 29.1 Å². The maximum atomic E-state index is 12.9. The number of aryl methyl sites for hydroxylation is 1. The van der Waals surface area contributed by atoms with Gasteiger partial charge in [0.05, 0.1) is 25.3 Å². The molecule has 3 rings (SSSR count). The Morgan fingerprint density at radius 3 is 2.71 bits per heavy atom. The lowest BCUT2D eigenvalue weighted by molar-refractivity contribution is -0.139. The van der Waals surface area contributed by atoms with Crippen LogP contribution in [0.5, 0.6) is 5.75 Å². The van der Waals surface area contributed by atoms with E-state index in [1.807, 2.05) is 32.0 Å². The number of ether oxygens (including phenoxy) is 2. The zero-order chi connectivity index (χ0) is 22.4. The summed E-state index contributed by atoms with van der Waals surface area (Å²) < 4.78 is 10.8. The van der Waals surface area contributed by atoms with E-state index in [2.05, 4.69) is 10.6 Å². The van der Waals surface area contributed by atoms with Crippen molar-refractivity contribution in [3.63, 3.8) is 0 Å². The van der Waals surface area contributed by atoms with E-state index in [0.717, 1.165) is 11.1 Å². The van der Waals surface area contributed by atoms with Gasteiger partial charge in [-0.2, -0.15) is 0 Å². The third-order valence-corrected chi connectivity index (χ3v) is 5.20. The third kappa shape index (κ3) is 5.61. The molecule has 3 amide bonds. The average Bonchev–Trinajstić information content (AvgIpc) is 2.74. The second-order valence-corrected chi connectivity index (χ2v) is 7.40. The molecule has 1 atom stereocenters. The Morgan fingerprint density at radius 1 is 1.16 bits per heavy atom. The zero-order valence-electron chi connectivity index (χ0n) is 17.9. The van der Waals surface area contributed by atoms with Crippen LogP contribution in [0.3, 0.4) is 0 Å². The van der Waals surface area contributed by atoms with Crippen LogP contribution in [-0.4, -0.2) is 55.5 Å². The number of benzene rings is 2. The largest absolute Gasteiger partial charge is 0.478 e. The number of rotatable bonds is 8. The minimum Gasteiger partial charge on any atom is -0.478 e. The lowest BCUT2D eigenvalue weighted by Crippen LogP contribution is -2.45. The molecule has 0 unspecified atom stereocenters. The molecule has 0 spiro atoms. The number of methoxy groups -OCH3 is 1. The molecule has 8 nitrogen and oxygen atoms in total. The van der Waals surface area contributed by atoms with Crippen LogP contribution in [0.2, 0.25) is 0 Å². The number of para-hydroxylation sites is 2. The summed E-state index contributed by atoms with van der Waals surface area (Å²) in [6.07, 6.45) is -1.14. The van der Waals surface area contributed by atoms with Crippen molar-refractivity contribution in [3.05, 3.63) is 53.6 Å². The molecule has 0 saturated heterocycles. The number of nitrogens with one attached hydrogen (secondary N) is 2. The Labute approximate surface area is 181 Å². The highest BCUT2D eigenvalue weighted by atomic mass is 16.5. The number of anilines is 2. The Hall–Kier alpha value is -3.39. The van der Waals surface area contributed by atoms with Crippen LogP contribution in [0, 0.1) is 13.8 Å². The van der Waals surface area contributed by atoms with Gasteiger partial charge in [-0.3, -0.25) is 14.4 Å². The van der Waals surface area contributed by atoms with Crippen LogP contribution >= 0.6 is 0 Å². The Morgan fingerprint density at radius 2 is 1.94 bits per heavy atom. The van der Waals surface area contributed by atoms with Gasteiger partial charge in [0, 0.05) is 19.3 Å². The first-order valence-electron chi connectivity index (χ1n) is 10.1. The molecule has 0 radical (unpaired) electrons. The normalized spacial score (nSPS) is 14.8. The SMILES string of the molecule is COCCN(CC(=O)Nc1cccc(C)c1C)C(=O)C[C@H]1Oc2ccccc2NC1=O. The quantitative estimate of drug-likeness (QED) is 0.677. The van der Waals surface area contributed by atoms with Crippen LogP contribution in [0.15, 0.2) is 42.5 Å². The summed E-state index contributed by atoms with van der Waals surface area (Å²) in [6.45, 7) is 4.23. The summed E-state index contributed by atoms with van der Waals surface area (Å²) in [7, 11) is 1.52. The number of hydrogen-bond acceptors (Lipinski definition) is 5. The van der Waals surface area contributed by atoms with Crippen molar-refractivity contribution in [1.82, 2.24) is 4.90 Å². The molecular weight excluding hydrogens is 398 g/mol. The third-order valence-electron chi connectivity index (χ3n) is 5.20. The standard InChI is InChI=1S/C23H27N3O5/c1-15-7-6-9-17(16(15)2)24-21(27)14-26(11-12-30-3)22(28)13-20-23(29)25-18-8-4-5-10-19(18)31-20/h4-10,20H,11-14H2,1-3H3,(H,24,27)(H,25,29)/t20-/m1/s1. The van der Waals surface area contributed by atoms with E-state index in [0.29, 0.717) is 17.1 Å². The lowest BCUT2D eigenvalue weighted by Gasteiger charge is -2.28. The molecule has 0 saturated carbocycles. The summed E-state index contributed by atoms with van der Waals surface area (Å²) in [6, 6.07) is 12.7. The second-order valence-electron chi connectivity index (χ2n) is 7.40. The first kappa shape index (κ1) is 22.3. The number of amides is 3. The van der Waals surface area contributed by atoms with E-state index in [1.54, 1.807) is 24.3 Å². The molecule has 1 aliphatic rings. The molecule has 31 heavy (non-hydrogen) atoms. The summed E-state index contributed by atoms with van der Waals surface area (Å²) >= 11 is 0. The maximum Gasteiger partial charge on any atom is 0.266 e. The van der Waals surface area contributed by atoms with E-state index in [9.17, 15) is 14.4 Å². The minimum atomic E-state index is -0.963. The molecular formula is C23H27N3O5. The van der Waals surface area contributed by atoms with Gasteiger partial charge in [0.25, 0.3) is 5.91 Å². The van der Waals surface area contributed by atoms with Crippen LogP contribution in [0.1, 0.15) is 17.5 Å². The fourth-order valence-electron chi connectivity index (χ4n) is 3.26. The highest BCUT2D eigenvalue weighted by molar-refractivity contribution is 6.00. The van der Waals surface area contributed by atoms with Crippen molar-refractivity contribution in [2.75, 3.05) is 37.4 Å². The highest BCUT2D eigenvalue weighted by Gasteiger charge is 2.31. The van der Waals surface area contributed by atoms with E-state index in [-0.39, 0.29) is 37.9 Å². The van der Waals surface area contributed by atoms with Crippen molar-refractivity contribution in [1.29, 1.82) is 0 Å². The van der Waals surface area contributed by atoms with Crippen molar-refractivity contribution in [3.8, 4) is 5.75 Å². The molecule has 0 bridgehead atoms. The zero-order valence-corrected chi connectivity index (χ0v) is 17.9. The van der Waals surface area contributed by atoms with Gasteiger partial charge < -0.3 is 25.0 Å². The van der Waals surface area contributed by atoms with Gasteiger partial charge in [0.1, 0.15) is 5.75 Å². The minimum absolute atomic E-state index is 0.152. The molecule has 2 aromatic rings. The molecule has 1 aliphatic heterocycles. The Balaban J connectivity index is 1.65. The molecule has 2 N–H and O–H groups in total. The fourth-order valence-corrected chi connectivity index (χ4v) is 3.26. The van der Waals surface area contributed by atoms with Gasteiger partial charge in [0.15, 0.2) is 6.10 Å². The first-order valence-corrected chi connectivity index (χ1v) is 10.1. The summed E-state index contributed by atoms with van der Waals surface area (Å²) in [5.41, 5.74) is 3.30. The van der Waals surface area contributed by atoms with Crippen LogP contribution < -0.4 is 15.4 Å². The number of hydrogen-bond donors (Lipinski definition) is 2.